The molecule has 0 spiro atoms. The van der Waals surface area contributed by atoms with E-state index in [0.717, 1.165) is 32.3 Å². The normalized spacial score (nSPS) is 27.6. The zero-order valence-electron chi connectivity index (χ0n) is 11.1. The number of hydrogen-bond acceptors (Lipinski definition) is 3. The Morgan fingerprint density at radius 1 is 1.47 bits per heavy atom. The van der Waals surface area contributed by atoms with Gasteiger partial charge in [0, 0.05) is 19.7 Å². The summed E-state index contributed by atoms with van der Waals surface area (Å²) in [7, 11) is 0. The molecule has 4 nitrogen and oxygen atoms in total. The molecule has 0 bridgehead atoms. The number of carbonyl (C=O) groups is 1. The molecule has 1 fully saturated rings. The second kappa shape index (κ2) is 6.97. The molecule has 0 aromatic rings. The number of amides is 1. The van der Waals surface area contributed by atoms with Crippen LogP contribution in [0, 0.1) is 11.3 Å². The van der Waals surface area contributed by atoms with Gasteiger partial charge in [0.05, 0.1) is 12.0 Å². The smallest absolute Gasteiger partial charge is 0.227 e. The Hall–Kier alpha value is -0.610. The lowest BCUT2D eigenvalue weighted by molar-refractivity contribution is -0.138. The first-order valence-corrected chi connectivity index (χ1v) is 6.70. The molecular weight excluding hydrogens is 216 g/mol. The molecule has 4 heteroatoms. The molecule has 0 aromatic carbocycles. The zero-order valence-corrected chi connectivity index (χ0v) is 11.1. The van der Waals surface area contributed by atoms with Gasteiger partial charge in [-0.3, -0.25) is 4.79 Å². The van der Waals surface area contributed by atoms with Gasteiger partial charge in [0.2, 0.25) is 5.91 Å². The summed E-state index contributed by atoms with van der Waals surface area (Å²) < 4.78 is 5.40. The van der Waals surface area contributed by atoms with Crippen molar-refractivity contribution >= 4 is 5.91 Å². The second-order valence-electron chi connectivity index (χ2n) is 5.22. The highest BCUT2D eigenvalue weighted by Crippen LogP contribution is 2.44. The minimum Gasteiger partial charge on any atom is -0.380 e. The molecule has 100 valence electrons. The van der Waals surface area contributed by atoms with Crippen molar-refractivity contribution in [2.75, 3.05) is 26.3 Å². The average Bonchev–Trinajstić information content (AvgIpc) is 2.29. The maximum Gasteiger partial charge on any atom is 0.227 e. The van der Waals surface area contributed by atoms with E-state index in [-0.39, 0.29) is 11.3 Å². The Bertz CT molecular complexity index is 238. The summed E-state index contributed by atoms with van der Waals surface area (Å²) >= 11 is 0. The van der Waals surface area contributed by atoms with Crippen LogP contribution in [0.2, 0.25) is 0 Å². The molecule has 0 aliphatic heterocycles. The van der Waals surface area contributed by atoms with Crippen molar-refractivity contribution in [3.8, 4) is 0 Å². The van der Waals surface area contributed by atoms with Gasteiger partial charge in [0.25, 0.3) is 0 Å². The zero-order chi connectivity index (χ0) is 12.7. The molecule has 0 atom stereocenters. The van der Waals surface area contributed by atoms with Crippen molar-refractivity contribution in [3.63, 3.8) is 0 Å². The van der Waals surface area contributed by atoms with Crippen molar-refractivity contribution < 1.29 is 9.53 Å². The van der Waals surface area contributed by atoms with Crippen LogP contribution in [0.5, 0.6) is 0 Å². The number of rotatable bonds is 8. The van der Waals surface area contributed by atoms with Crippen LogP contribution in [-0.2, 0) is 9.53 Å². The Morgan fingerprint density at radius 2 is 2.18 bits per heavy atom. The largest absolute Gasteiger partial charge is 0.380 e. The van der Waals surface area contributed by atoms with Gasteiger partial charge in [-0.25, -0.2) is 0 Å². The molecule has 1 saturated carbocycles. The Morgan fingerprint density at radius 3 is 2.71 bits per heavy atom. The standard InChI is InChI=1S/C13H26N2O2/c1-3-4-6-17-7-5-15-12(16)13(10-14)8-11(2)9-13/h11H,3-10,14H2,1-2H3,(H,15,16). The molecule has 1 amide bonds. The number of ether oxygens (including phenoxy) is 1. The quantitative estimate of drug-likeness (QED) is 0.630. The van der Waals surface area contributed by atoms with E-state index in [9.17, 15) is 4.79 Å². The fraction of sp³-hybridized carbons (Fsp3) is 0.923. The van der Waals surface area contributed by atoms with Gasteiger partial charge < -0.3 is 15.8 Å². The van der Waals surface area contributed by atoms with Crippen LogP contribution in [0.3, 0.4) is 0 Å². The van der Waals surface area contributed by atoms with Gasteiger partial charge in [0.1, 0.15) is 0 Å². The third-order valence-corrected chi connectivity index (χ3v) is 3.52. The average molecular weight is 242 g/mol. The fourth-order valence-corrected chi connectivity index (χ4v) is 2.49. The summed E-state index contributed by atoms with van der Waals surface area (Å²) in [6.07, 6.45) is 4.07. The van der Waals surface area contributed by atoms with Crippen LogP contribution in [0.4, 0.5) is 0 Å². The predicted octanol–water partition coefficient (Wildman–Crippen LogP) is 1.29. The lowest BCUT2D eigenvalue weighted by atomic mass is 9.62. The van der Waals surface area contributed by atoms with E-state index in [1.54, 1.807) is 0 Å². The maximum absolute atomic E-state index is 12.0. The molecule has 3 N–H and O–H groups in total. The van der Waals surface area contributed by atoms with Gasteiger partial charge in [-0.2, -0.15) is 0 Å². The van der Waals surface area contributed by atoms with Gasteiger partial charge in [-0.15, -0.1) is 0 Å². The molecule has 17 heavy (non-hydrogen) atoms. The fourth-order valence-electron chi connectivity index (χ4n) is 2.49. The highest BCUT2D eigenvalue weighted by molar-refractivity contribution is 5.83. The lowest BCUT2D eigenvalue weighted by Crippen LogP contribution is -2.53. The van der Waals surface area contributed by atoms with Crippen LogP contribution < -0.4 is 11.1 Å². The Kier molecular flexibility index (Phi) is 5.92. The van der Waals surface area contributed by atoms with Crippen LogP contribution >= 0.6 is 0 Å². The maximum atomic E-state index is 12.0. The van der Waals surface area contributed by atoms with E-state index in [1.165, 1.54) is 0 Å². The predicted molar refractivity (Wildman–Crippen MR) is 68.6 cm³/mol. The molecule has 1 aliphatic carbocycles. The molecule has 0 unspecified atom stereocenters. The Balaban J connectivity index is 2.12. The van der Waals surface area contributed by atoms with Crippen molar-refractivity contribution in [1.82, 2.24) is 5.32 Å². The minimum absolute atomic E-state index is 0.109. The Labute approximate surface area is 104 Å². The summed E-state index contributed by atoms with van der Waals surface area (Å²) in [6.45, 7) is 6.73. The number of nitrogens with two attached hydrogens (primary N) is 1. The summed E-state index contributed by atoms with van der Waals surface area (Å²) in [5, 5.41) is 2.93. The van der Waals surface area contributed by atoms with Gasteiger partial charge in [-0.05, 0) is 25.2 Å². The van der Waals surface area contributed by atoms with Crippen molar-refractivity contribution in [2.24, 2.45) is 17.1 Å². The number of carbonyl (C=O) groups excluding carboxylic acids is 1. The molecular formula is C13H26N2O2. The summed E-state index contributed by atoms with van der Waals surface area (Å²) in [4.78, 5) is 12.0. The first-order valence-electron chi connectivity index (χ1n) is 6.70. The molecule has 1 aliphatic rings. The summed E-state index contributed by atoms with van der Waals surface area (Å²) in [5.41, 5.74) is 5.42. The van der Waals surface area contributed by atoms with Crippen LogP contribution in [0.15, 0.2) is 0 Å². The first kappa shape index (κ1) is 14.5. The highest BCUT2D eigenvalue weighted by atomic mass is 16.5. The molecule has 0 saturated heterocycles. The van der Waals surface area contributed by atoms with E-state index < -0.39 is 0 Å². The monoisotopic (exact) mass is 242 g/mol. The lowest BCUT2D eigenvalue weighted by Gasteiger charge is -2.44. The van der Waals surface area contributed by atoms with Crippen molar-refractivity contribution in [3.05, 3.63) is 0 Å². The molecule has 0 aromatic heterocycles. The van der Waals surface area contributed by atoms with Crippen LogP contribution in [0.25, 0.3) is 0 Å². The van der Waals surface area contributed by atoms with Crippen molar-refractivity contribution in [2.45, 2.75) is 39.5 Å². The third-order valence-electron chi connectivity index (χ3n) is 3.52. The van der Waals surface area contributed by atoms with E-state index in [2.05, 4.69) is 19.2 Å². The summed E-state index contributed by atoms with van der Waals surface area (Å²) in [6, 6.07) is 0. The van der Waals surface area contributed by atoms with Gasteiger partial charge in [-0.1, -0.05) is 20.3 Å². The first-order chi connectivity index (χ1) is 8.14. The topological polar surface area (TPSA) is 64.3 Å². The number of hydrogen-bond donors (Lipinski definition) is 2. The highest BCUT2D eigenvalue weighted by Gasteiger charge is 2.46. The third kappa shape index (κ3) is 3.96. The van der Waals surface area contributed by atoms with E-state index in [0.29, 0.717) is 25.6 Å². The number of unbranched alkanes of at least 4 members (excludes halogenated alkanes) is 1. The van der Waals surface area contributed by atoms with Crippen LogP contribution in [-0.4, -0.2) is 32.2 Å². The van der Waals surface area contributed by atoms with Gasteiger partial charge >= 0.3 is 0 Å². The molecule has 1 rings (SSSR count). The SMILES string of the molecule is CCCCOCCNC(=O)C1(CN)CC(C)C1. The second-order valence-corrected chi connectivity index (χ2v) is 5.22. The number of nitrogens with one attached hydrogen (secondary N) is 1. The van der Waals surface area contributed by atoms with E-state index in [1.807, 2.05) is 0 Å². The molecule has 0 heterocycles. The minimum atomic E-state index is -0.289. The van der Waals surface area contributed by atoms with Crippen molar-refractivity contribution in [1.29, 1.82) is 0 Å². The van der Waals surface area contributed by atoms with E-state index >= 15 is 0 Å². The van der Waals surface area contributed by atoms with Gasteiger partial charge in [0.15, 0.2) is 0 Å². The molecule has 0 radical (unpaired) electrons. The van der Waals surface area contributed by atoms with Crippen LogP contribution in [0.1, 0.15) is 39.5 Å². The van der Waals surface area contributed by atoms with E-state index in [4.69, 9.17) is 10.5 Å². The summed E-state index contributed by atoms with van der Waals surface area (Å²) in [5.74, 6) is 0.738.